The summed E-state index contributed by atoms with van der Waals surface area (Å²) in [7, 11) is 0. The number of nitrogens with zero attached hydrogens (tertiary/aromatic N) is 1. The minimum Gasteiger partial charge on any atom is -0.319 e. The van der Waals surface area contributed by atoms with Gasteiger partial charge in [-0.25, -0.2) is 0 Å². The molecular weight excluding hydrogens is 331 g/mol. The third-order valence-electron chi connectivity index (χ3n) is 3.27. The van der Waals surface area contributed by atoms with Gasteiger partial charge < -0.3 is 5.32 Å². The molecule has 0 aliphatic heterocycles. The number of amides is 1. The van der Waals surface area contributed by atoms with Gasteiger partial charge in [-0.05, 0) is 35.8 Å². The molecule has 2 rings (SSSR count). The molecule has 0 aliphatic rings. The Morgan fingerprint density at radius 1 is 1.17 bits per heavy atom. The monoisotopic (exact) mass is 344 g/mol. The van der Waals surface area contributed by atoms with Gasteiger partial charge in [0.2, 0.25) is 0 Å². The van der Waals surface area contributed by atoms with E-state index in [1.54, 1.807) is 18.2 Å². The number of rotatable bonds is 4. The number of benzene rings is 2. The molecule has 0 aliphatic carbocycles. The van der Waals surface area contributed by atoms with E-state index < -0.39 is 5.91 Å². The van der Waals surface area contributed by atoms with E-state index in [9.17, 15) is 10.1 Å². The molecule has 2 aromatic rings. The number of aryl methyl sites for hydroxylation is 1. The van der Waals surface area contributed by atoms with Crippen molar-refractivity contribution < 1.29 is 4.79 Å². The van der Waals surface area contributed by atoms with Crippen LogP contribution in [-0.4, -0.2) is 5.91 Å². The van der Waals surface area contributed by atoms with Crippen molar-refractivity contribution in [2.24, 2.45) is 0 Å². The van der Waals surface area contributed by atoms with E-state index in [1.807, 2.05) is 30.3 Å². The van der Waals surface area contributed by atoms with Crippen LogP contribution in [0.3, 0.4) is 0 Å². The fourth-order valence-electron chi connectivity index (χ4n) is 1.96. The molecule has 0 bridgehead atoms. The number of anilines is 1. The zero-order valence-corrected chi connectivity index (χ0v) is 13.9. The van der Waals surface area contributed by atoms with Crippen molar-refractivity contribution in [3.05, 3.63) is 69.2 Å². The Morgan fingerprint density at radius 2 is 1.78 bits per heavy atom. The summed E-state index contributed by atoms with van der Waals surface area (Å²) in [5.41, 5.74) is 2.24. The van der Waals surface area contributed by atoms with E-state index >= 15 is 0 Å². The molecule has 3 nitrogen and oxygen atoms in total. The number of para-hydroxylation sites is 1. The number of halogens is 2. The highest BCUT2D eigenvalue weighted by Crippen LogP contribution is 2.30. The van der Waals surface area contributed by atoms with Crippen molar-refractivity contribution in [3.63, 3.8) is 0 Å². The van der Waals surface area contributed by atoms with Crippen molar-refractivity contribution in [1.29, 1.82) is 5.26 Å². The number of hydrogen-bond donors (Lipinski definition) is 1. The molecule has 0 fully saturated rings. The van der Waals surface area contributed by atoms with Crippen LogP contribution < -0.4 is 5.32 Å². The highest BCUT2D eigenvalue weighted by Gasteiger charge is 2.13. The van der Waals surface area contributed by atoms with Gasteiger partial charge in [-0.2, -0.15) is 5.26 Å². The Hall–Kier alpha value is -2.28. The maximum Gasteiger partial charge on any atom is 0.266 e. The van der Waals surface area contributed by atoms with Crippen LogP contribution in [-0.2, 0) is 11.2 Å². The highest BCUT2D eigenvalue weighted by atomic mass is 35.5. The number of nitrogens with one attached hydrogen (secondary N) is 1. The van der Waals surface area contributed by atoms with Gasteiger partial charge in [0.25, 0.3) is 5.91 Å². The first-order chi connectivity index (χ1) is 11.0. The lowest BCUT2D eigenvalue weighted by molar-refractivity contribution is -0.112. The topological polar surface area (TPSA) is 52.9 Å². The van der Waals surface area contributed by atoms with Gasteiger partial charge in [-0.1, -0.05) is 60.5 Å². The van der Waals surface area contributed by atoms with Crippen molar-refractivity contribution >= 4 is 40.9 Å². The Bertz CT molecular complexity index is 769. The molecule has 0 aromatic heterocycles. The zero-order valence-electron chi connectivity index (χ0n) is 12.4. The molecule has 23 heavy (non-hydrogen) atoms. The SMILES string of the molecule is CCc1ccc(/C=C(\C#N)C(=O)Nc2c(Cl)cccc2Cl)cc1. The smallest absolute Gasteiger partial charge is 0.266 e. The van der Waals surface area contributed by atoms with Crippen LogP contribution in [0.1, 0.15) is 18.1 Å². The molecule has 116 valence electrons. The molecule has 0 atom stereocenters. The van der Waals surface area contributed by atoms with Crippen LogP contribution in [0.25, 0.3) is 6.08 Å². The van der Waals surface area contributed by atoms with Crippen LogP contribution in [0, 0.1) is 11.3 Å². The van der Waals surface area contributed by atoms with Gasteiger partial charge in [0.05, 0.1) is 15.7 Å². The Kier molecular flexibility index (Phi) is 5.81. The second kappa shape index (κ2) is 7.82. The quantitative estimate of drug-likeness (QED) is 0.619. The first-order valence-corrected chi connectivity index (χ1v) is 7.77. The predicted molar refractivity (Wildman–Crippen MR) is 94.5 cm³/mol. The largest absolute Gasteiger partial charge is 0.319 e. The average molecular weight is 345 g/mol. The summed E-state index contributed by atoms with van der Waals surface area (Å²) in [5.74, 6) is -0.554. The van der Waals surface area contributed by atoms with E-state index in [1.165, 1.54) is 11.6 Å². The Morgan fingerprint density at radius 3 is 2.30 bits per heavy atom. The molecule has 5 heteroatoms. The van der Waals surface area contributed by atoms with Crippen molar-refractivity contribution in [3.8, 4) is 6.07 Å². The lowest BCUT2D eigenvalue weighted by Crippen LogP contribution is -2.14. The molecule has 1 amide bonds. The van der Waals surface area contributed by atoms with Gasteiger partial charge in [0, 0.05) is 0 Å². The van der Waals surface area contributed by atoms with Crippen molar-refractivity contribution in [1.82, 2.24) is 0 Å². The Balaban J connectivity index is 2.24. The van der Waals surface area contributed by atoms with Gasteiger partial charge in [-0.15, -0.1) is 0 Å². The van der Waals surface area contributed by atoms with E-state index in [-0.39, 0.29) is 5.57 Å². The standard InChI is InChI=1S/C18H14Cl2N2O/c1-2-12-6-8-13(9-7-12)10-14(11-21)18(23)22-17-15(19)4-3-5-16(17)20/h3-10H,2H2,1H3,(H,22,23)/b14-10+. The summed E-state index contributed by atoms with van der Waals surface area (Å²) < 4.78 is 0. The summed E-state index contributed by atoms with van der Waals surface area (Å²) in [6.07, 6.45) is 2.46. The first-order valence-electron chi connectivity index (χ1n) is 7.01. The van der Waals surface area contributed by atoms with E-state index in [0.717, 1.165) is 12.0 Å². The van der Waals surface area contributed by atoms with Crippen LogP contribution in [0.15, 0.2) is 48.0 Å². The van der Waals surface area contributed by atoms with Crippen molar-refractivity contribution in [2.45, 2.75) is 13.3 Å². The fraction of sp³-hybridized carbons (Fsp3) is 0.111. The average Bonchev–Trinajstić information content (AvgIpc) is 2.56. The summed E-state index contributed by atoms with van der Waals surface area (Å²) >= 11 is 12.0. The molecule has 1 N–H and O–H groups in total. The second-order valence-electron chi connectivity index (χ2n) is 4.82. The maximum absolute atomic E-state index is 12.3. The summed E-state index contributed by atoms with van der Waals surface area (Å²) in [6.45, 7) is 2.06. The van der Waals surface area contributed by atoms with Gasteiger partial charge >= 0.3 is 0 Å². The summed E-state index contributed by atoms with van der Waals surface area (Å²) in [4.78, 5) is 12.3. The molecular formula is C18H14Cl2N2O. The number of hydrogen-bond acceptors (Lipinski definition) is 2. The number of carbonyl (C=O) groups excluding carboxylic acids is 1. The zero-order chi connectivity index (χ0) is 16.8. The van der Waals surface area contributed by atoms with Crippen molar-refractivity contribution in [2.75, 3.05) is 5.32 Å². The molecule has 0 unspecified atom stereocenters. The van der Waals surface area contributed by atoms with Crippen LogP contribution in [0.4, 0.5) is 5.69 Å². The summed E-state index contributed by atoms with van der Waals surface area (Å²) in [6, 6.07) is 14.5. The molecule has 0 spiro atoms. The fourth-order valence-corrected chi connectivity index (χ4v) is 2.45. The van der Waals surface area contributed by atoms with Gasteiger partial charge in [0.15, 0.2) is 0 Å². The normalized spacial score (nSPS) is 11.0. The van der Waals surface area contributed by atoms with Gasteiger partial charge in [0.1, 0.15) is 11.6 Å². The second-order valence-corrected chi connectivity index (χ2v) is 5.63. The summed E-state index contributed by atoms with van der Waals surface area (Å²) in [5, 5.41) is 12.4. The lowest BCUT2D eigenvalue weighted by Gasteiger charge is -2.08. The van der Waals surface area contributed by atoms with Gasteiger partial charge in [-0.3, -0.25) is 4.79 Å². The highest BCUT2D eigenvalue weighted by molar-refractivity contribution is 6.40. The first kappa shape index (κ1) is 17.1. The predicted octanol–water partition coefficient (Wildman–Crippen LogP) is 5.10. The van der Waals surface area contributed by atoms with Crippen LogP contribution >= 0.6 is 23.2 Å². The maximum atomic E-state index is 12.3. The number of carbonyl (C=O) groups is 1. The molecule has 0 saturated carbocycles. The third kappa shape index (κ3) is 4.35. The van der Waals surface area contributed by atoms with E-state index in [2.05, 4.69) is 12.2 Å². The lowest BCUT2D eigenvalue weighted by atomic mass is 10.1. The van der Waals surface area contributed by atoms with Crippen LogP contribution in [0.5, 0.6) is 0 Å². The molecule has 2 aromatic carbocycles. The minimum atomic E-state index is -0.554. The van der Waals surface area contributed by atoms with E-state index in [0.29, 0.717) is 15.7 Å². The van der Waals surface area contributed by atoms with Crippen LogP contribution in [0.2, 0.25) is 10.0 Å². The molecule has 0 saturated heterocycles. The van der Waals surface area contributed by atoms with E-state index in [4.69, 9.17) is 23.2 Å². The molecule has 0 heterocycles. The minimum absolute atomic E-state index is 0.0229. The molecule has 0 radical (unpaired) electrons. The Labute approximate surface area is 145 Å². The third-order valence-corrected chi connectivity index (χ3v) is 3.90. The number of nitriles is 1.